The van der Waals surface area contributed by atoms with Gasteiger partial charge in [-0.1, -0.05) is 71.8 Å². The SMILES string of the molecule is Cc1ccc2c(c1)C(O)C(O)c1cc(C3=NC(=O)c4c(-c5ccc6c(c5)C(O)C(O)c5cc(C)ccc5-6)[nH]c(O)c43)ccc1-2. The Morgan fingerprint density at radius 1 is 0.591 bits per heavy atom. The van der Waals surface area contributed by atoms with Gasteiger partial charge in [0.1, 0.15) is 24.4 Å². The van der Waals surface area contributed by atoms with E-state index in [9.17, 15) is 30.3 Å². The Morgan fingerprint density at radius 2 is 1.02 bits per heavy atom. The van der Waals surface area contributed by atoms with Crippen LogP contribution in [0, 0.1) is 13.8 Å². The summed E-state index contributed by atoms with van der Waals surface area (Å²) < 4.78 is 0. The molecule has 0 spiro atoms. The van der Waals surface area contributed by atoms with E-state index >= 15 is 0 Å². The van der Waals surface area contributed by atoms with Gasteiger partial charge < -0.3 is 30.5 Å². The van der Waals surface area contributed by atoms with Crippen LogP contribution in [0.2, 0.25) is 0 Å². The number of carbonyl (C=O) groups excluding carboxylic acids is 1. The number of aliphatic imine (C=N–C) groups is 1. The molecule has 0 saturated carbocycles. The minimum atomic E-state index is -1.18. The van der Waals surface area contributed by atoms with Gasteiger partial charge in [0.25, 0.3) is 5.91 Å². The Balaban J connectivity index is 1.21. The lowest BCUT2D eigenvalue weighted by Gasteiger charge is -2.30. The number of nitrogens with zero attached hydrogens (tertiary/aromatic N) is 1. The molecule has 2 heterocycles. The molecule has 0 radical (unpaired) electrons. The molecule has 5 aromatic rings. The summed E-state index contributed by atoms with van der Waals surface area (Å²) >= 11 is 0. The Kier molecular flexibility index (Phi) is 5.66. The molecule has 2 aliphatic carbocycles. The van der Waals surface area contributed by atoms with E-state index in [1.807, 2.05) is 62.4 Å². The van der Waals surface area contributed by atoms with Crippen molar-refractivity contribution in [2.24, 2.45) is 4.99 Å². The zero-order chi connectivity index (χ0) is 30.6. The second kappa shape index (κ2) is 9.32. The normalized spacial score (nSPS) is 21.2. The van der Waals surface area contributed by atoms with Crippen molar-refractivity contribution in [2.45, 2.75) is 38.3 Å². The molecule has 0 bridgehead atoms. The van der Waals surface area contributed by atoms with Crippen molar-refractivity contribution in [1.82, 2.24) is 4.98 Å². The second-order valence-corrected chi connectivity index (χ2v) is 11.9. The summed E-state index contributed by atoms with van der Waals surface area (Å²) in [7, 11) is 0. The molecule has 1 amide bonds. The lowest BCUT2D eigenvalue weighted by molar-refractivity contribution is 0.0157. The molecule has 1 aliphatic heterocycles. The Labute approximate surface area is 252 Å². The summed E-state index contributed by atoms with van der Waals surface area (Å²) in [5.41, 5.74) is 9.58. The molecule has 1 aromatic heterocycles. The fourth-order valence-electron chi connectivity index (χ4n) is 7.00. The number of nitrogens with one attached hydrogen (secondary N) is 1. The number of amides is 1. The Morgan fingerprint density at radius 3 is 1.55 bits per heavy atom. The molecule has 4 aromatic carbocycles. The van der Waals surface area contributed by atoms with Crippen LogP contribution in [0.25, 0.3) is 33.5 Å². The van der Waals surface area contributed by atoms with Gasteiger partial charge in [0.05, 0.1) is 22.5 Å². The van der Waals surface area contributed by atoms with Crippen LogP contribution >= 0.6 is 0 Å². The van der Waals surface area contributed by atoms with Crippen molar-refractivity contribution in [3.05, 3.63) is 123 Å². The first kappa shape index (κ1) is 26.7. The monoisotopic (exact) mass is 584 g/mol. The van der Waals surface area contributed by atoms with E-state index < -0.39 is 30.3 Å². The number of aliphatic hydroxyl groups is 4. The van der Waals surface area contributed by atoms with E-state index in [4.69, 9.17) is 0 Å². The van der Waals surface area contributed by atoms with Crippen LogP contribution in [0.15, 0.2) is 77.8 Å². The molecule has 44 heavy (non-hydrogen) atoms. The molecule has 4 atom stereocenters. The summed E-state index contributed by atoms with van der Waals surface area (Å²) in [6, 6.07) is 22.2. The van der Waals surface area contributed by atoms with E-state index in [1.165, 1.54) is 0 Å². The van der Waals surface area contributed by atoms with Crippen molar-refractivity contribution >= 4 is 11.6 Å². The maximum atomic E-state index is 13.4. The fraction of sp³-hybridized carbons (Fsp3) is 0.167. The quantitative estimate of drug-likeness (QED) is 0.162. The first-order valence-electron chi connectivity index (χ1n) is 14.4. The number of aliphatic hydroxyl groups excluding tert-OH is 4. The number of fused-ring (bicyclic) bond motifs is 7. The minimum Gasteiger partial charge on any atom is -0.494 e. The standard InChI is InChI=1S/C36H28N2O6/c1-15-3-7-19-21-9-5-17(13-25(21)33(41)31(39)23(19)11-15)29-27-28(36(44)37-29)30(38-35(27)43)18-6-10-22-20-8-4-16(2)12-24(20)32(40)34(42)26(22)14-18/h3-14,31-34,37,39-42,44H,1-2H3. The number of carbonyl (C=O) groups is 1. The molecule has 0 fully saturated rings. The van der Waals surface area contributed by atoms with Gasteiger partial charge in [0, 0.05) is 5.56 Å². The second-order valence-electron chi connectivity index (χ2n) is 11.9. The van der Waals surface area contributed by atoms with E-state index in [0.717, 1.165) is 33.4 Å². The van der Waals surface area contributed by atoms with Gasteiger partial charge in [0.15, 0.2) is 5.88 Å². The van der Waals surface area contributed by atoms with Gasteiger partial charge in [-0.3, -0.25) is 4.79 Å². The van der Waals surface area contributed by atoms with Crippen LogP contribution in [0.3, 0.4) is 0 Å². The Hall–Kier alpha value is -4.86. The predicted molar refractivity (Wildman–Crippen MR) is 164 cm³/mol. The van der Waals surface area contributed by atoms with Crippen molar-refractivity contribution in [1.29, 1.82) is 0 Å². The van der Waals surface area contributed by atoms with Crippen LogP contribution in [-0.4, -0.2) is 42.1 Å². The molecule has 4 unspecified atom stereocenters. The number of aromatic nitrogens is 1. The predicted octanol–water partition coefficient (Wildman–Crippen LogP) is 5.49. The molecular formula is C36H28N2O6. The summed E-state index contributed by atoms with van der Waals surface area (Å²) in [5.74, 6) is -0.780. The molecule has 3 aliphatic rings. The number of hydrogen-bond donors (Lipinski definition) is 6. The molecular weight excluding hydrogens is 556 g/mol. The fourth-order valence-corrected chi connectivity index (χ4v) is 7.00. The molecule has 8 heteroatoms. The smallest absolute Gasteiger partial charge is 0.280 e. The number of aromatic amines is 1. The first-order valence-corrected chi connectivity index (χ1v) is 14.4. The largest absolute Gasteiger partial charge is 0.494 e. The number of rotatable bonds is 2. The van der Waals surface area contributed by atoms with Gasteiger partial charge in [-0.05, 0) is 76.1 Å². The molecule has 218 valence electrons. The number of hydrogen-bond acceptors (Lipinski definition) is 6. The van der Waals surface area contributed by atoms with Crippen LogP contribution in [0.5, 0.6) is 5.88 Å². The highest BCUT2D eigenvalue weighted by Crippen LogP contribution is 2.48. The lowest BCUT2D eigenvalue weighted by Crippen LogP contribution is -2.18. The minimum absolute atomic E-state index is 0.193. The summed E-state index contributed by atoms with van der Waals surface area (Å²) in [5, 5.41) is 55.0. The zero-order valence-corrected chi connectivity index (χ0v) is 23.8. The number of benzene rings is 4. The molecule has 8 rings (SSSR count). The molecule has 8 nitrogen and oxygen atoms in total. The van der Waals surface area contributed by atoms with E-state index in [2.05, 4.69) is 9.98 Å². The van der Waals surface area contributed by atoms with Crippen molar-refractivity contribution in [3.63, 3.8) is 0 Å². The number of aromatic hydroxyl groups is 1. The topological polar surface area (TPSA) is 146 Å². The van der Waals surface area contributed by atoms with Crippen molar-refractivity contribution in [3.8, 4) is 39.4 Å². The van der Waals surface area contributed by atoms with Crippen LogP contribution < -0.4 is 0 Å². The highest BCUT2D eigenvalue weighted by molar-refractivity contribution is 6.30. The average Bonchev–Trinajstić information content (AvgIpc) is 3.55. The van der Waals surface area contributed by atoms with Gasteiger partial charge >= 0.3 is 0 Å². The van der Waals surface area contributed by atoms with Gasteiger partial charge in [0.2, 0.25) is 0 Å². The number of H-pyrrole nitrogens is 1. The number of aryl methyl sites for hydroxylation is 2. The van der Waals surface area contributed by atoms with Crippen LogP contribution in [0.1, 0.15) is 79.3 Å². The zero-order valence-electron chi connectivity index (χ0n) is 23.8. The van der Waals surface area contributed by atoms with Gasteiger partial charge in [-0.2, -0.15) is 0 Å². The first-order chi connectivity index (χ1) is 21.1. The summed E-state index contributed by atoms with van der Waals surface area (Å²) in [6.07, 6.45) is -4.58. The molecule has 0 saturated heterocycles. The van der Waals surface area contributed by atoms with Crippen molar-refractivity contribution < 1.29 is 30.3 Å². The summed E-state index contributed by atoms with van der Waals surface area (Å²) in [4.78, 5) is 20.6. The maximum absolute atomic E-state index is 13.4. The maximum Gasteiger partial charge on any atom is 0.280 e. The third-order valence-corrected chi connectivity index (χ3v) is 9.18. The third kappa shape index (κ3) is 3.66. The average molecular weight is 585 g/mol. The Bertz CT molecular complexity index is 2110. The van der Waals surface area contributed by atoms with Gasteiger partial charge in [-0.25, -0.2) is 4.99 Å². The summed E-state index contributed by atoms with van der Waals surface area (Å²) in [6.45, 7) is 3.86. The van der Waals surface area contributed by atoms with Crippen molar-refractivity contribution in [2.75, 3.05) is 0 Å². The highest BCUT2D eigenvalue weighted by Gasteiger charge is 2.37. The lowest BCUT2D eigenvalue weighted by atomic mass is 9.80. The molecule has 6 N–H and O–H groups in total. The van der Waals surface area contributed by atoms with E-state index in [-0.39, 0.29) is 22.7 Å². The van der Waals surface area contributed by atoms with Gasteiger partial charge in [-0.15, -0.1) is 0 Å². The van der Waals surface area contributed by atoms with E-state index in [0.29, 0.717) is 39.1 Å². The van der Waals surface area contributed by atoms with Crippen LogP contribution in [0.4, 0.5) is 0 Å². The third-order valence-electron chi connectivity index (χ3n) is 9.18. The highest BCUT2D eigenvalue weighted by atomic mass is 16.3. The van der Waals surface area contributed by atoms with Crippen LogP contribution in [-0.2, 0) is 0 Å². The van der Waals surface area contributed by atoms with E-state index in [1.54, 1.807) is 24.3 Å².